The van der Waals surface area contributed by atoms with Gasteiger partial charge in [-0.25, -0.2) is 0 Å². The Hall–Kier alpha value is -0.940. The third-order valence-corrected chi connectivity index (χ3v) is 4.57. The van der Waals surface area contributed by atoms with Gasteiger partial charge in [0.15, 0.2) is 0 Å². The highest BCUT2D eigenvalue weighted by atomic mass is 16.5. The van der Waals surface area contributed by atoms with Crippen LogP contribution in [0.4, 0.5) is 0 Å². The van der Waals surface area contributed by atoms with E-state index in [9.17, 15) is 0 Å². The number of aromatic nitrogens is 2. The molecule has 1 aromatic heterocycles. The summed E-state index contributed by atoms with van der Waals surface area (Å²) in [6.07, 6.45) is 7.02. The lowest BCUT2D eigenvalue weighted by atomic mass is 9.84. The molecule has 0 unspecified atom stereocenters. The lowest BCUT2D eigenvalue weighted by Gasteiger charge is -2.32. The van der Waals surface area contributed by atoms with Crippen LogP contribution < -0.4 is 5.73 Å². The van der Waals surface area contributed by atoms with Crippen molar-refractivity contribution in [1.29, 1.82) is 0 Å². The van der Waals surface area contributed by atoms with Crippen LogP contribution in [0.5, 0.6) is 0 Å². The molecule has 5 nitrogen and oxygen atoms in total. The molecule has 1 aromatic rings. The number of rotatable bonds is 5. The van der Waals surface area contributed by atoms with Gasteiger partial charge >= 0.3 is 0 Å². The topological polar surface area (TPSA) is 74.2 Å². The zero-order valence-corrected chi connectivity index (χ0v) is 12.2. The minimum absolute atomic E-state index is 0.373. The molecule has 0 bridgehead atoms. The number of hydrogen-bond acceptors (Lipinski definition) is 5. The molecule has 0 amide bonds. The van der Waals surface area contributed by atoms with Gasteiger partial charge in [-0.05, 0) is 25.7 Å². The molecule has 1 saturated carbocycles. The van der Waals surface area contributed by atoms with E-state index < -0.39 is 5.54 Å². The molecule has 19 heavy (non-hydrogen) atoms. The Morgan fingerprint density at radius 2 is 1.89 bits per heavy atom. The van der Waals surface area contributed by atoms with E-state index in [0.29, 0.717) is 11.7 Å². The predicted octanol–water partition coefficient (Wildman–Crippen LogP) is 2.85. The van der Waals surface area contributed by atoms with E-state index in [0.717, 1.165) is 38.5 Å². The zero-order chi connectivity index (χ0) is 13.9. The SMILES string of the molecule is CCC(N)(CC)c1nc(C2(OC)CCCCC2)no1. The van der Waals surface area contributed by atoms with Gasteiger partial charge in [0.2, 0.25) is 11.7 Å². The fraction of sp³-hybridized carbons (Fsp3) is 0.857. The molecule has 0 saturated heterocycles. The maximum atomic E-state index is 6.31. The number of nitrogens with zero attached hydrogens (tertiary/aromatic N) is 2. The number of methoxy groups -OCH3 is 1. The van der Waals surface area contributed by atoms with E-state index in [4.69, 9.17) is 15.0 Å². The second-order valence-electron chi connectivity index (χ2n) is 5.55. The molecule has 0 aromatic carbocycles. The molecule has 108 valence electrons. The monoisotopic (exact) mass is 267 g/mol. The fourth-order valence-electron chi connectivity index (χ4n) is 2.81. The van der Waals surface area contributed by atoms with E-state index in [1.54, 1.807) is 7.11 Å². The first-order valence-corrected chi connectivity index (χ1v) is 7.29. The van der Waals surface area contributed by atoms with Crippen molar-refractivity contribution in [2.75, 3.05) is 7.11 Å². The Bertz CT molecular complexity index is 407. The summed E-state index contributed by atoms with van der Waals surface area (Å²) in [5.41, 5.74) is 5.42. The standard InChI is InChI=1S/C14H25N3O2/c1-4-13(15,5-2)12-16-11(17-19-12)14(18-3)9-7-6-8-10-14/h4-10,15H2,1-3H3. The third kappa shape index (κ3) is 2.54. The Labute approximate surface area is 114 Å². The smallest absolute Gasteiger partial charge is 0.246 e. The first-order chi connectivity index (χ1) is 9.10. The molecule has 5 heteroatoms. The first kappa shape index (κ1) is 14.5. The molecular weight excluding hydrogens is 242 g/mol. The summed E-state index contributed by atoms with van der Waals surface area (Å²) >= 11 is 0. The van der Waals surface area contributed by atoms with Crippen LogP contribution in [0, 0.1) is 0 Å². The van der Waals surface area contributed by atoms with Crippen LogP contribution in [0.1, 0.15) is 70.5 Å². The van der Waals surface area contributed by atoms with E-state index in [2.05, 4.69) is 10.1 Å². The molecule has 1 aliphatic rings. The maximum absolute atomic E-state index is 6.31. The van der Waals surface area contributed by atoms with Gasteiger partial charge in [-0.1, -0.05) is 38.3 Å². The van der Waals surface area contributed by atoms with Gasteiger partial charge in [0.25, 0.3) is 0 Å². The van der Waals surface area contributed by atoms with Crippen molar-refractivity contribution in [2.24, 2.45) is 5.73 Å². The summed E-state index contributed by atoms with van der Waals surface area (Å²) in [5, 5.41) is 4.15. The summed E-state index contributed by atoms with van der Waals surface area (Å²) < 4.78 is 11.2. The molecule has 0 spiro atoms. The van der Waals surface area contributed by atoms with Crippen LogP contribution in [0.15, 0.2) is 4.52 Å². The highest BCUT2D eigenvalue weighted by molar-refractivity contribution is 5.08. The zero-order valence-electron chi connectivity index (χ0n) is 12.2. The average molecular weight is 267 g/mol. The normalized spacial score (nSPS) is 19.6. The maximum Gasteiger partial charge on any atom is 0.246 e. The Morgan fingerprint density at radius 3 is 2.42 bits per heavy atom. The second-order valence-corrected chi connectivity index (χ2v) is 5.55. The summed E-state index contributed by atoms with van der Waals surface area (Å²) in [7, 11) is 1.73. The van der Waals surface area contributed by atoms with Crippen LogP contribution in [-0.4, -0.2) is 17.3 Å². The Balaban J connectivity index is 2.29. The van der Waals surface area contributed by atoms with Crippen molar-refractivity contribution in [3.63, 3.8) is 0 Å². The molecular formula is C14H25N3O2. The van der Waals surface area contributed by atoms with Crippen LogP contribution in [0.25, 0.3) is 0 Å². The lowest BCUT2D eigenvalue weighted by molar-refractivity contribution is -0.0527. The van der Waals surface area contributed by atoms with Gasteiger partial charge in [-0.3, -0.25) is 0 Å². The molecule has 2 rings (SSSR count). The number of nitrogens with two attached hydrogens (primary N) is 1. The number of ether oxygens (including phenoxy) is 1. The predicted molar refractivity (Wildman–Crippen MR) is 72.5 cm³/mol. The Morgan fingerprint density at radius 1 is 1.26 bits per heavy atom. The third-order valence-electron chi connectivity index (χ3n) is 4.57. The van der Waals surface area contributed by atoms with Crippen molar-refractivity contribution >= 4 is 0 Å². The minimum atomic E-state index is -0.519. The van der Waals surface area contributed by atoms with Gasteiger partial charge in [0, 0.05) is 7.11 Å². The summed E-state index contributed by atoms with van der Waals surface area (Å²) in [6, 6.07) is 0. The van der Waals surface area contributed by atoms with E-state index >= 15 is 0 Å². The van der Waals surface area contributed by atoms with Crippen LogP contribution in [0.2, 0.25) is 0 Å². The lowest BCUT2D eigenvalue weighted by Crippen LogP contribution is -2.36. The molecule has 0 aliphatic heterocycles. The van der Waals surface area contributed by atoms with Gasteiger partial charge in [0.1, 0.15) is 5.60 Å². The molecule has 1 fully saturated rings. The van der Waals surface area contributed by atoms with Crippen molar-refractivity contribution in [3.05, 3.63) is 11.7 Å². The minimum Gasteiger partial charge on any atom is -0.370 e. The van der Waals surface area contributed by atoms with Crippen molar-refractivity contribution in [2.45, 2.75) is 69.9 Å². The van der Waals surface area contributed by atoms with Gasteiger partial charge < -0.3 is 15.0 Å². The largest absolute Gasteiger partial charge is 0.370 e. The van der Waals surface area contributed by atoms with Crippen LogP contribution >= 0.6 is 0 Å². The first-order valence-electron chi connectivity index (χ1n) is 7.29. The van der Waals surface area contributed by atoms with Crippen LogP contribution in [0.3, 0.4) is 0 Å². The van der Waals surface area contributed by atoms with Crippen molar-refractivity contribution in [3.8, 4) is 0 Å². The van der Waals surface area contributed by atoms with E-state index in [1.165, 1.54) is 6.42 Å². The second kappa shape index (κ2) is 5.59. The van der Waals surface area contributed by atoms with Crippen molar-refractivity contribution < 1.29 is 9.26 Å². The highest BCUT2D eigenvalue weighted by Gasteiger charge is 2.40. The fourth-order valence-corrected chi connectivity index (χ4v) is 2.81. The van der Waals surface area contributed by atoms with Crippen molar-refractivity contribution in [1.82, 2.24) is 10.1 Å². The summed E-state index contributed by atoms with van der Waals surface area (Å²) in [6.45, 7) is 4.08. The molecule has 2 N–H and O–H groups in total. The average Bonchev–Trinajstić information content (AvgIpc) is 2.98. The highest BCUT2D eigenvalue weighted by Crippen LogP contribution is 2.39. The quantitative estimate of drug-likeness (QED) is 0.888. The Kier molecular flexibility index (Phi) is 4.26. The number of hydrogen-bond donors (Lipinski definition) is 1. The van der Waals surface area contributed by atoms with Gasteiger partial charge in [-0.15, -0.1) is 0 Å². The van der Waals surface area contributed by atoms with E-state index in [1.807, 2.05) is 13.8 Å². The summed E-state index contributed by atoms with van der Waals surface area (Å²) in [5.74, 6) is 1.20. The van der Waals surface area contributed by atoms with Gasteiger partial charge in [0.05, 0.1) is 5.54 Å². The molecule has 1 aliphatic carbocycles. The summed E-state index contributed by atoms with van der Waals surface area (Å²) in [4.78, 5) is 4.56. The van der Waals surface area contributed by atoms with E-state index in [-0.39, 0.29) is 5.60 Å². The van der Waals surface area contributed by atoms with Crippen LogP contribution in [-0.2, 0) is 15.9 Å². The molecule has 0 atom stereocenters. The molecule has 1 heterocycles. The van der Waals surface area contributed by atoms with Gasteiger partial charge in [-0.2, -0.15) is 4.98 Å². The molecule has 0 radical (unpaired) electrons.